The summed E-state index contributed by atoms with van der Waals surface area (Å²) in [5.41, 5.74) is 1.42. The van der Waals surface area contributed by atoms with Gasteiger partial charge in [-0.1, -0.05) is 18.2 Å². The molecule has 0 radical (unpaired) electrons. The second-order valence-electron chi connectivity index (χ2n) is 5.24. The van der Waals surface area contributed by atoms with E-state index in [9.17, 15) is 5.11 Å². The minimum Gasteiger partial charge on any atom is -0.493 e. The fourth-order valence-electron chi connectivity index (χ4n) is 2.96. The molecule has 0 spiro atoms. The largest absolute Gasteiger partial charge is 0.493 e. The summed E-state index contributed by atoms with van der Waals surface area (Å²) in [6, 6.07) is 6.15. The lowest BCUT2D eigenvalue weighted by atomic mass is 9.84. The highest BCUT2D eigenvalue weighted by atomic mass is 16.5. The molecule has 1 N–H and O–H groups in total. The number of hydrogen-bond donors (Lipinski definition) is 1. The monoisotopic (exact) mass is 248 g/mol. The van der Waals surface area contributed by atoms with Gasteiger partial charge in [0.2, 0.25) is 0 Å². The summed E-state index contributed by atoms with van der Waals surface area (Å²) in [7, 11) is 0. The Bertz CT molecular complexity index is 420. The van der Waals surface area contributed by atoms with Crippen LogP contribution in [-0.4, -0.2) is 24.9 Å². The molecule has 1 unspecified atom stereocenters. The maximum atomic E-state index is 10.9. The van der Waals surface area contributed by atoms with E-state index in [4.69, 9.17) is 9.47 Å². The van der Waals surface area contributed by atoms with E-state index in [1.54, 1.807) is 0 Å². The summed E-state index contributed by atoms with van der Waals surface area (Å²) in [5.74, 6) is 0.924. The third kappa shape index (κ3) is 2.13. The van der Waals surface area contributed by atoms with Crippen molar-refractivity contribution in [2.24, 2.45) is 0 Å². The second-order valence-corrected chi connectivity index (χ2v) is 5.24. The Morgan fingerprint density at radius 2 is 2.00 bits per heavy atom. The molecule has 2 heterocycles. The van der Waals surface area contributed by atoms with Crippen LogP contribution in [0.25, 0.3) is 0 Å². The number of para-hydroxylation sites is 1. The van der Waals surface area contributed by atoms with Crippen LogP contribution in [0.15, 0.2) is 18.2 Å². The Hall–Kier alpha value is -1.06. The van der Waals surface area contributed by atoms with Crippen molar-refractivity contribution >= 4 is 0 Å². The fourth-order valence-corrected chi connectivity index (χ4v) is 2.96. The first kappa shape index (κ1) is 12.0. The van der Waals surface area contributed by atoms with Gasteiger partial charge in [-0.2, -0.15) is 0 Å². The molecule has 1 fully saturated rings. The van der Waals surface area contributed by atoms with E-state index in [0.29, 0.717) is 13.0 Å². The molecular weight excluding hydrogens is 228 g/mol. The van der Waals surface area contributed by atoms with Gasteiger partial charge in [-0.15, -0.1) is 0 Å². The van der Waals surface area contributed by atoms with Crippen LogP contribution in [-0.2, 0) is 16.8 Å². The highest BCUT2D eigenvalue weighted by Gasteiger charge is 2.34. The molecule has 2 aliphatic heterocycles. The van der Waals surface area contributed by atoms with Gasteiger partial charge in [-0.05, 0) is 31.2 Å². The van der Waals surface area contributed by atoms with Crippen LogP contribution in [0.2, 0.25) is 0 Å². The first-order chi connectivity index (χ1) is 8.80. The van der Waals surface area contributed by atoms with E-state index in [0.717, 1.165) is 50.2 Å². The third-order valence-corrected chi connectivity index (χ3v) is 3.97. The maximum Gasteiger partial charge on any atom is 0.128 e. The number of ether oxygens (including phenoxy) is 2. The van der Waals surface area contributed by atoms with E-state index >= 15 is 0 Å². The Balaban J connectivity index is 1.99. The van der Waals surface area contributed by atoms with E-state index in [-0.39, 0.29) is 0 Å². The molecule has 1 atom stereocenters. The van der Waals surface area contributed by atoms with Crippen molar-refractivity contribution in [3.8, 4) is 5.75 Å². The van der Waals surface area contributed by atoms with E-state index in [1.807, 2.05) is 12.1 Å². The van der Waals surface area contributed by atoms with Gasteiger partial charge < -0.3 is 14.6 Å². The Kier molecular flexibility index (Phi) is 3.27. The molecule has 0 aromatic heterocycles. The van der Waals surface area contributed by atoms with Gasteiger partial charge in [0.05, 0.1) is 12.2 Å². The third-order valence-electron chi connectivity index (χ3n) is 3.97. The van der Waals surface area contributed by atoms with Gasteiger partial charge in [0.25, 0.3) is 0 Å². The molecular formula is C15H20O3. The number of fused-ring (bicyclic) bond motifs is 1. The Morgan fingerprint density at radius 3 is 2.94 bits per heavy atom. The number of hydrogen-bond acceptors (Lipinski definition) is 3. The average Bonchev–Trinajstić information content (AvgIpc) is 2.64. The van der Waals surface area contributed by atoms with Crippen LogP contribution in [0.1, 0.15) is 36.8 Å². The first-order valence-corrected chi connectivity index (χ1v) is 6.85. The lowest BCUT2D eigenvalue weighted by Gasteiger charge is -2.31. The van der Waals surface area contributed by atoms with Crippen LogP contribution >= 0.6 is 0 Å². The summed E-state index contributed by atoms with van der Waals surface area (Å²) < 4.78 is 11.3. The first-order valence-electron chi connectivity index (χ1n) is 6.85. The van der Waals surface area contributed by atoms with Crippen LogP contribution < -0.4 is 4.74 Å². The number of rotatable bonds is 1. The lowest BCUT2D eigenvalue weighted by Crippen LogP contribution is -2.28. The fraction of sp³-hybridized carbons (Fsp3) is 0.600. The molecule has 98 valence electrons. The van der Waals surface area contributed by atoms with Gasteiger partial charge >= 0.3 is 0 Å². The number of benzene rings is 1. The smallest absolute Gasteiger partial charge is 0.128 e. The minimum absolute atomic E-state index is 0.625. The summed E-state index contributed by atoms with van der Waals surface area (Å²) >= 11 is 0. The van der Waals surface area contributed by atoms with Crippen LogP contribution in [0.3, 0.4) is 0 Å². The molecule has 0 bridgehead atoms. The van der Waals surface area contributed by atoms with Crippen molar-refractivity contribution in [2.75, 3.05) is 19.8 Å². The standard InChI is InChI=1S/C15H20O3/c16-15(7-3-9-17-11-8-15)13-6-1-4-12-5-2-10-18-14(12)13/h1,4,6,16H,2-3,5,7-11H2. The molecule has 1 aromatic rings. The number of aliphatic hydroxyl groups is 1. The zero-order valence-corrected chi connectivity index (χ0v) is 10.7. The van der Waals surface area contributed by atoms with Crippen molar-refractivity contribution in [1.82, 2.24) is 0 Å². The van der Waals surface area contributed by atoms with E-state index < -0.39 is 5.60 Å². The molecule has 0 aliphatic carbocycles. The average molecular weight is 248 g/mol. The predicted molar refractivity (Wildman–Crippen MR) is 68.8 cm³/mol. The van der Waals surface area contributed by atoms with Crippen molar-refractivity contribution in [2.45, 2.75) is 37.7 Å². The highest BCUT2D eigenvalue weighted by molar-refractivity contribution is 5.46. The van der Waals surface area contributed by atoms with Crippen LogP contribution in [0.4, 0.5) is 0 Å². The van der Waals surface area contributed by atoms with Crippen molar-refractivity contribution < 1.29 is 14.6 Å². The zero-order chi connectivity index (χ0) is 12.4. The zero-order valence-electron chi connectivity index (χ0n) is 10.7. The van der Waals surface area contributed by atoms with E-state index in [1.165, 1.54) is 5.56 Å². The topological polar surface area (TPSA) is 38.7 Å². The van der Waals surface area contributed by atoms with Gasteiger partial charge in [-0.3, -0.25) is 0 Å². The Morgan fingerprint density at radius 1 is 1.06 bits per heavy atom. The summed E-state index contributed by atoms with van der Waals surface area (Å²) in [5, 5.41) is 10.9. The normalized spacial score (nSPS) is 28.1. The predicted octanol–water partition coefficient (Wildman–Crippen LogP) is 2.40. The van der Waals surface area contributed by atoms with Gasteiger partial charge in [0, 0.05) is 25.2 Å². The quantitative estimate of drug-likeness (QED) is 0.829. The van der Waals surface area contributed by atoms with Crippen molar-refractivity contribution in [3.05, 3.63) is 29.3 Å². The highest BCUT2D eigenvalue weighted by Crippen LogP contribution is 2.40. The van der Waals surface area contributed by atoms with Crippen molar-refractivity contribution in [1.29, 1.82) is 0 Å². The van der Waals surface area contributed by atoms with Gasteiger partial charge in [-0.25, -0.2) is 0 Å². The van der Waals surface area contributed by atoms with E-state index in [2.05, 4.69) is 6.07 Å². The maximum absolute atomic E-state index is 10.9. The van der Waals surface area contributed by atoms with Gasteiger partial charge in [0.15, 0.2) is 0 Å². The molecule has 3 heteroatoms. The lowest BCUT2D eigenvalue weighted by molar-refractivity contribution is 0.0114. The molecule has 1 saturated heterocycles. The molecule has 3 rings (SSSR count). The van der Waals surface area contributed by atoms with Gasteiger partial charge in [0.1, 0.15) is 5.75 Å². The molecule has 2 aliphatic rings. The Labute approximate surface area is 108 Å². The SMILES string of the molecule is OC1(c2cccc3c2OCCC3)CCCOCC1. The summed E-state index contributed by atoms with van der Waals surface area (Å²) in [4.78, 5) is 0. The molecule has 0 amide bonds. The van der Waals surface area contributed by atoms with Crippen LogP contribution in [0, 0.1) is 0 Å². The molecule has 3 nitrogen and oxygen atoms in total. The molecule has 1 aromatic carbocycles. The number of aryl methyl sites for hydroxylation is 1. The summed E-state index contributed by atoms with van der Waals surface area (Å²) in [6.07, 6.45) is 4.44. The van der Waals surface area contributed by atoms with Crippen LogP contribution in [0.5, 0.6) is 5.75 Å². The molecule has 0 saturated carbocycles. The summed E-state index contributed by atoms with van der Waals surface area (Å²) in [6.45, 7) is 2.13. The minimum atomic E-state index is -0.779. The van der Waals surface area contributed by atoms with Crippen molar-refractivity contribution in [3.63, 3.8) is 0 Å². The molecule has 18 heavy (non-hydrogen) atoms. The second kappa shape index (κ2) is 4.90.